The van der Waals surface area contributed by atoms with E-state index in [1.807, 2.05) is 12.2 Å². The molecule has 1 aromatic carbocycles. The van der Waals surface area contributed by atoms with Gasteiger partial charge in [-0.3, -0.25) is 4.79 Å². The molecule has 1 N–H and O–H groups in total. The van der Waals surface area contributed by atoms with Gasteiger partial charge in [0.25, 0.3) is 0 Å². The van der Waals surface area contributed by atoms with Crippen LogP contribution < -0.4 is 5.32 Å². The molecule has 0 bridgehead atoms. The number of nitrogens with one attached hydrogen (secondary N) is 1. The van der Waals surface area contributed by atoms with Crippen molar-refractivity contribution in [1.29, 1.82) is 0 Å². The molecule has 1 heterocycles. The van der Waals surface area contributed by atoms with Crippen LogP contribution in [0, 0.1) is 5.92 Å². The van der Waals surface area contributed by atoms with Crippen molar-refractivity contribution in [3.05, 3.63) is 42.3 Å². The number of amides is 1. The lowest BCUT2D eigenvalue weighted by molar-refractivity contribution is -0.159. The van der Waals surface area contributed by atoms with Gasteiger partial charge in [0.15, 0.2) is 0 Å². The van der Waals surface area contributed by atoms with E-state index in [0.717, 1.165) is 0 Å². The number of benzene rings is 1. The van der Waals surface area contributed by atoms with Gasteiger partial charge in [-0.05, 0) is 37.1 Å². The van der Waals surface area contributed by atoms with Crippen LogP contribution in [0.3, 0.4) is 0 Å². The molecule has 3 rings (SSSR count). The summed E-state index contributed by atoms with van der Waals surface area (Å²) in [5.41, 5.74) is 0.926. The van der Waals surface area contributed by atoms with Crippen LogP contribution in [-0.2, 0) is 11.0 Å². The number of aromatic nitrogens is 2. The summed E-state index contributed by atoms with van der Waals surface area (Å²) in [6.07, 6.45) is 0.679. The second-order valence-electron chi connectivity index (χ2n) is 5.13. The van der Waals surface area contributed by atoms with Gasteiger partial charge in [-0.15, -0.1) is 0 Å². The molecule has 0 radical (unpaired) electrons. The molecular formula is C15H12F3N3O2. The van der Waals surface area contributed by atoms with Gasteiger partial charge in [0.2, 0.25) is 11.7 Å². The highest BCUT2D eigenvalue weighted by Crippen LogP contribution is 2.29. The second-order valence-corrected chi connectivity index (χ2v) is 5.13. The summed E-state index contributed by atoms with van der Waals surface area (Å²) >= 11 is 0. The summed E-state index contributed by atoms with van der Waals surface area (Å²) in [4.78, 5) is 15.3. The summed E-state index contributed by atoms with van der Waals surface area (Å²) in [5, 5.41) is 6.07. The monoisotopic (exact) mass is 323 g/mol. The molecule has 8 heteroatoms. The van der Waals surface area contributed by atoms with Crippen LogP contribution >= 0.6 is 0 Å². The predicted octanol–water partition coefficient (Wildman–Crippen LogP) is 3.66. The fourth-order valence-corrected chi connectivity index (χ4v) is 2.23. The van der Waals surface area contributed by atoms with Gasteiger partial charge in [0.05, 0.1) is 0 Å². The maximum atomic E-state index is 12.4. The Hall–Kier alpha value is -2.64. The first kappa shape index (κ1) is 15.3. The average molecular weight is 323 g/mol. The van der Waals surface area contributed by atoms with E-state index in [1.54, 1.807) is 12.1 Å². The molecule has 0 aliphatic heterocycles. The van der Waals surface area contributed by atoms with E-state index in [9.17, 15) is 18.0 Å². The molecule has 0 saturated heterocycles. The van der Waals surface area contributed by atoms with Gasteiger partial charge >= 0.3 is 12.1 Å². The standard InChI is InChI=1S/C15H12F3N3O2/c16-15(17,18)14-20-12(21-23-14)9-5-7-11(8-6-9)19-13(22)10-3-1-2-4-10/h1-2,5-8,10H,3-4H2,(H,19,22). The van der Waals surface area contributed by atoms with Crippen molar-refractivity contribution in [2.45, 2.75) is 19.0 Å². The molecule has 0 spiro atoms. The molecule has 1 aliphatic carbocycles. The molecule has 5 nitrogen and oxygen atoms in total. The Bertz CT molecular complexity index is 727. The van der Waals surface area contributed by atoms with Gasteiger partial charge < -0.3 is 9.84 Å². The molecule has 0 atom stereocenters. The molecule has 120 valence electrons. The van der Waals surface area contributed by atoms with E-state index in [4.69, 9.17) is 0 Å². The van der Waals surface area contributed by atoms with Gasteiger partial charge in [-0.2, -0.15) is 18.2 Å². The Kier molecular flexibility index (Phi) is 3.89. The molecule has 1 aromatic heterocycles. The lowest BCUT2D eigenvalue weighted by Gasteiger charge is -2.10. The Morgan fingerprint density at radius 3 is 2.39 bits per heavy atom. The molecule has 0 saturated carbocycles. The quantitative estimate of drug-likeness (QED) is 0.875. The summed E-state index contributed by atoms with van der Waals surface area (Å²) in [6, 6.07) is 6.21. The fraction of sp³-hybridized carbons (Fsp3) is 0.267. The third-order valence-corrected chi connectivity index (χ3v) is 3.46. The van der Waals surface area contributed by atoms with Gasteiger partial charge in [-0.25, -0.2) is 0 Å². The normalized spacial score (nSPS) is 15.1. The van der Waals surface area contributed by atoms with Gasteiger partial charge in [0, 0.05) is 17.2 Å². The predicted molar refractivity (Wildman–Crippen MR) is 75.2 cm³/mol. The number of alkyl halides is 3. The van der Waals surface area contributed by atoms with Crippen molar-refractivity contribution in [1.82, 2.24) is 10.1 Å². The topological polar surface area (TPSA) is 68.0 Å². The number of carbonyl (C=O) groups is 1. The Morgan fingerprint density at radius 2 is 1.83 bits per heavy atom. The van der Waals surface area contributed by atoms with E-state index in [1.165, 1.54) is 12.1 Å². The number of hydrogen-bond donors (Lipinski definition) is 1. The maximum absolute atomic E-state index is 12.4. The van der Waals surface area contributed by atoms with Crippen LogP contribution in [0.4, 0.5) is 18.9 Å². The van der Waals surface area contributed by atoms with Crippen molar-refractivity contribution in [2.75, 3.05) is 5.32 Å². The second kappa shape index (κ2) is 5.86. The Labute approximate surface area is 129 Å². The minimum atomic E-state index is -4.67. The van der Waals surface area contributed by atoms with Crippen LogP contribution in [0.2, 0.25) is 0 Å². The smallest absolute Gasteiger partial charge is 0.329 e. The first-order valence-corrected chi connectivity index (χ1v) is 6.90. The maximum Gasteiger partial charge on any atom is 0.471 e. The zero-order valence-electron chi connectivity index (χ0n) is 11.8. The molecule has 0 fully saturated rings. The van der Waals surface area contributed by atoms with E-state index in [0.29, 0.717) is 24.1 Å². The zero-order chi connectivity index (χ0) is 16.4. The number of rotatable bonds is 3. The first-order valence-electron chi connectivity index (χ1n) is 6.90. The third kappa shape index (κ3) is 3.41. The SMILES string of the molecule is O=C(Nc1ccc(-c2noc(C(F)(F)F)n2)cc1)C1CC=CC1. The number of anilines is 1. The lowest BCUT2D eigenvalue weighted by atomic mass is 10.1. The van der Waals surface area contributed by atoms with Crippen molar-refractivity contribution in [2.24, 2.45) is 5.92 Å². The minimum absolute atomic E-state index is 0.0683. The average Bonchev–Trinajstić information content (AvgIpc) is 3.19. The van der Waals surface area contributed by atoms with Gasteiger partial charge in [-0.1, -0.05) is 17.3 Å². The van der Waals surface area contributed by atoms with E-state index in [-0.39, 0.29) is 17.6 Å². The van der Waals surface area contributed by atoms with Crippen LogP contribution in [0.15, 0.2) is 40.9 Å². The fourth-order valence-electron chi connectivity index (χ4n) is 2.23. The van der Waals surface area contributed by atoms with Crippen molar-refractivity contribution in [3.8, 4) is 11.4 Å². The number of allylic oxidation sites excluding steroid dienone is 2. The summed E-state index contributed by atoms with van der Waals surface area (Å²) in [6.45, 7) is 0. The number of nitrogens with zero attached hydrogens (tertiary/aromatic N) is 2. The van der Waals surface area contributed by atoms with Crippen LogP contribution in [0.5, 0.6) is 0 Å². The van der Waals surface area contributed by atoms with Crippen molar-refractivity contribution < 1.29 is 22.5 Å². The number of carbonyl (C=O) groups excluding carboxylic acids is 1. The summed E-state index contributed by atoms with van der Waals surface area (Å²) in [7, 11) is 0. The first-order chi connectivity index (χ1) is 10.9. The highest BCUT2D eigenvalue weighted by Gasteiger charge is 2.38. The lowest BCUT2D eigenvalue weighted by Crippen LogP contribution is -2.20. The summed E-state index contributed by atoms with van der Waals surface area (Å²) < 4.78 is 41.5. The number of hydrogen-bond acceptors (Lipinski definition) is 4. The molecule has 23 heavy (non-hydrogen) atoms. The molecule has 2 aromatic rings. The van der Waals surface area contributed by atoms with Crippen LogP contribution in [0.1, 0.15) is 18.7 Å². The summed E-state index contributed by atoms with van der Waals surface area (Å²) in [5.74, 6) is -1.70. The van der Waals surface area contributed by atoms with Crippen LogP contribution in [-0.4, -0.2) is 16.0 Å². The van der Waals surface area contributed by atoms with Gasteiger partial charge in [0.1, 0.15) is 0 Å². The van der Waals surface area contributed by atoms with E-state index < -0.39 is 12.1 Å². The van der Waals surface area contributed by atoms with Crippen molar-refractivity contribution >= 4 is 11.6 Å². The van der Waals surface area contributed by atoms with E-state index in [2.05, 4.69) is 20.0 Å². The Balaban J connectivity index is 1.69. The Morgan fingerprint density at radius 1 is 1.17 bits per heavy atom. The highest BCUT2D eigenvalue weighted by molar-refractivity contribution is 5.93. The minimum Gasteiger partial charge on any atom is -0.329 e. The molecule has 0 unspecified atom stereocenters. The van der Waals surface area contributed by atoms with E-state index >= 15 is 0 Å². The third-order valence-electron chi connectivity index (χ3n) is 3.46. The number of halogens is 3. The molecule has 1 amide bonds. The molecule has 1 aliphatic rings. The highest BCUT2D eigenvalue weighted by atomic mass is 19.4. The largest absolute Gasteiger partial charge is 0.471 e. The zero-order valence-corrected chi connectivity index (χ0v) is 11.8. The molecular weight excluding hydrogens is 311 g/mol. The van der Waals surface area contributed by atoms with Crippen molar-refractivity contribution in [3.63, 3.8) is 0 Å². The van der Waals surface area contributed by atoms with Crippen LogP contribution in [0.25, 0.3) is 11.4 Å².